The molecular weight excluding hydrogens is 274 g/mol. The smallest absolute Gasteiger partial charge is 0.239 e. The molecule has 6 nitrogen and oxygen atoms in total. The van der Waals surface area contributed by atoms with E-state index in [-0.39, 0.29) is 5.91 Å². The van der Waals surface area contributed by atoms with Crippen molar-refractivity contribution >= 4 is 29.3 Å². The maximum atomic E-state index is 11.7. The average molecular weight is 295 g/mol. The van der Waals surface area contributed by atoms with E-state index in [1.54, 1.807) is 0 Å². The fraction of sp³-hybridized carbons (Fsp3) is 0.615. The number of hydrogen-bond donors (Lipinski definition) is 2. The number of aromatic nitrogens is 2. The van der Waals surface area contributed by atoms with Crippen LogP contribution in [0, 0.1) is 0 Å². The molecule has 2 N–H and O–H groups in total. The van der Waals surface area contributed by atoms with E-state index in [0.717, 1.165) is 49.3 Å². The fourth-order valence-electron chi connectivity index (χ4n) is 2.01. The van der Waals surface area contributed by atoms with Gasteiger partial charge in [0.15, 0.2) is 5.16 Å². The molecular formula is C13H21N5OS. The van der Waals surface area contributed by atoms with Gasteiger partial charge in [0.2, 0.25) is 5.91 Å². The van der Waals surface area contributed by atoms with E-state index in [9.17, 15) is 4.79 Å². The summed E-state index contributed by atoms with van der Waals surface area (Å²) >= 11 is 1.51. The van der Waals surface area contributed by atoms with Crippen molar-refractivity contribution in [3.63, 3.8) is 0 Å². The summed E-state index contributed by atoms with van der Waals surface area (Å²) in [5, 5.41) is 6.89. The van der Waals surface area contributed by atoms with E-state index in [4.69, 9.17) is 0 Å². The molecule has 0 saturated carbocycles. The van der Waals surface area contributed by atoms with E-state index in [1.807, 2.05) is 17.2 Å². The van der Waals surface area contributed by atoms with Crippen molar-refractivity contribution < 1.29 is 4.79 Å². The predicted molar refractivity (Wildman–Crippen MR) is 82.4 cm³/mol. The Hall–Kier alpha value is -1.50. The second kappa shape index (κ2) is 7.33. The van der Waals surface area contributed by atoms with Crippen LogP contribution >= 0.6 is 11.8 Å². The van der Waals surface area contributed by atoms with Crippen LogP contribution in [0.25, 0.3) is 0 Å². The maximum absolute atomic E-state index is 11.7. The number of nitrogens with one attached hydrogen (secondary N) is 2. The standard InChI is InChI=1S/C13H21N5OS/c1-3-5-14-10-8-11(17-13(16-10)20-2)18-7-4-6-15-12(19)9-18/h8H,3-7,9H2,1-2H3,(H,15,19)(H,14,16,17). The molecule has 0 radical (unpaired) electrons. The van der Waals surface area contributed by atoms with Gasteiger partial charge in [0, 0.05) is 25.7 Å². The number of nitrogens with zero attached hydrogens (tertiary/aromatic N) is 3. The highest BCUT2D eigenvalue weighted by Gasteiger charge is 2.17. The zero-order valence-corrected chi connectivity index (χ0v) is 12.8. The van der Waals surface area contributed by atoms with Crippen LogP contribution in [0.4, 0.5) is 11.6 Å². The summed E-state index contributed by atoms with van der Waals surface area (Å²) in [6.45, 7) is 4.92. The Morgan fingerprint density at radius 2 is 2.35 bits per heavy atom. The van der Waals surface area contributed by atoms with E-state index in [2.05, 4.69) is 27.5 Å². The highest BCUT2D eigenvalue weighted by Crippen LogP contribution is 2.21. The largest absolute Gasteiger partial charge is 0.370 e. The first kappa shape index (κ1) is 14.9. The Balaban J connectivity index is 2.21. The summed E-state index contributed by atoms with van der Waals surface area (Å²) in [6, 6.07) is 1.92. The number of amides is 1. The van der Waals surface area contributed by atoms with E-state index in [1.165, 1.54) is 11.8 Å². The van der Waals surface area contributed by atoms with Gasteiger partial charge in [-0.2, -0.15) is 0 Å². The van der Waals surface area contributed by atoms with E-state index in [0.29, 0.717) is 6.54 Å². The Kier molecular flexibility index (Phi) is 5.46. The van der Waals surface area contributed by atoms with Crippen LogP contribution in [0.1, 0.15) is 19.8 Å². The molecule has 2 heterocycles. The molecule has 1 amide bonds. The van der Waals surface area contributed by atoms with Crippen LogP contribution in [0.2, 0.25) is 0 Å². The number of hydrogen-bond acceptors (Lipinski definition) is 6. The normalized spacial score (nSPS) is 15.7. The lowest BCUT2D eigenvalue weighted by molar-refractivity contribution is -0.119. The second-order valence-corrected chi connectivity index (χ2v) is 5.42. The number of carbonyl (C=O) groups is 1. The highest BCUT2D eigenvalue weighted by molar-refractivity contribution is 7.98. The van der Waals surface area contributed by atoms with Gasteiger partial charge >= 0.3 is 0 Å². The van der Waals surface area contributed by atoms with Crippen LogP contribution in [0.3, 0.4) is 0 Å². The summed E-state index contributed by atoms with van der Waals surface area (Å²) in [7, 11) is 0. The van der Waals surface area contributed by atoms with Gasteiger partial charge in [-0.25, -0.2) is 9.97 Å². The molecule has 0 spiro atoms. The van der Waals surface area contributed by atoms with E-state index < -0.39 is 0 Å². The van der Waals surface area contributed by atoms with Crippen LogP contribution in [0.15, 0.2) is 11.2 Å². The Morgan fingerprint density at radius 1 is 1.50 bits per heavy atom. The molecule has 0 atom stereocenters. The summed E-state index contributed by atoms with van der Waals surface area (Å²) in [5.74, 6) is 1.70. The summed E-state index contributed by atoms with van der Waals surface area (Å²) in [6.07, 6.45) is 3.93. The van der Waals surface area contributed by atoms with Gasteiger partial charge < -0.3 is 15.5 Å². The van der Waals surface area contributed by atoms with Crippen molar-refractivity contribution in [1.29, 1.82) is 0 Å². The third-order valence-corrected chi connectivity index (χ3v) is 3.56. The van der Waals surface area contributed by atoms with E-state index >= 15 is 0 Å². The molecule has 1 aromatic heterocycles. The van der Waals surface area contributed by atoms with Gasteiger partial charge in [-0.05, 0) is 19.1 Å². The van der Waals surface area contributed by atoms with Crippen LogP contribution in [-0.4, -0.2) is 48.3 Å². The van der Waals surface area contributed by atoms with Crippen molar-refractivity contribution in [2.45, 2.75) is 24.9 Å². The third-order valence-electron chi connectivity index (χ3n) is 3.02. The lowest BCUT2D eigenvalue weighted by Crippen LogP contribution is -2.33. The molecule has 0 unspecified atom stereocenters. The molecule has 1 aliphatic heterocycles. The van der Waals surface area contributed by atoms with Gasteiger partial charge in [-0.15, -0.1) is 0 Å². The number of anilines is 2. The van der Waals surface area contributed by atoms with Crippen LogP contribution < -0.4 is 15.5 Å². The minimum atomic E-state index is 0.0508. The zero-order valence-electron chi connectivity index (χ0n) is 12.0. The molecule has 2 rings (SSSR count). The van der Waals surface area contributed by atoms with Crippen molar-refractivity contribution in [3.8, 4) is 0 Å². The van der Waals surface area contributed by atoms with Crippen LogP contribution in [0.5, 0.6) is 0 Å². The van der Waals surface area contributed by atoms with Gasteiger partial charge in [0.05, 0.1) is 6.54 Å². The lowest BCUT2D eigenvalue weighted by atomic mass is 10.3. The first-order chi connectivity index (χ1) is 9.72. The maximum Gasteiger partial charge on any atom is 0.239 e. The second-order valence-electron chi connectivity index (χ2n) is 4.65. The zero-order chi connectivity index (χ0) is 14.4. The Bertz CT molecular complexity index is 468. The van der Waals surface area contributed by atoms with Crippen molar-refractivity contribution in [2.24, 2.45) is 0 Å². The fourth-order valence-corrected chi connectivity index (χ4v) is 2.39. The van der Waals surface area contributed by atoms with Gasteiger partial charge in [0.1, 0.15) is 11.6 Å². The number of carbonyl (C=O) groups excluding carboxylic acids is 1. The monoisotopic (exact) mass is 295 g/mol. The molecule has 110 valence electrons. The van der Waals surface area contributed by atoms with Gasteiger partial charge in [0.25, 0.3) is 0 Å². The highest BCUT2D eigenvalue weighted by atomic mass is 32.2. The third kappa shape index (κ3) is 4.00. The van der Waals surface area contributed by atoms with Crippen LogP contribution in [-0.2, 0) is 4.79 Å². The average Bonchev–Trinajstić information content (AvgIpc) is 2.69. The lowest BCUT2D eigenvalue weighted by Gasteiger charge is -2.21. The molecule has 7 heteroatoms. The molecule has 0 aromatic carbocycles. The van der Waals surface area contributed by atoms with Gasteiger partial charge in [-0.3, -0.25) is 4.79 Å². The molecule has 1 aromatic rings. The first-order valence-electron chi connectivity index (χ1n) is 6.91. The number of rotatable bonds is 5. The quantitative estimate of drug-likeness (QED) is 0.631. The summed E-state index contributed by atoms with van der Waals surface area (Å²) in [5.41, 5.74) is 0. The summed E-state index contributed by atoms with van der Waals surface area (Å²) in [4.78, 5) is 22.6. The minimum Gasteiger partial charge on any atom is -0.370 e. The molecule has 1 fully saturated rings. The predicted octanol–water partition coefficient (Wildman–Crippen LogP) is 1.35. The first-order valence-corrected chi connectivity index (χ1v) is 8.14. The molecule has 0 aliphatic carbocycles. The molecule has 20 heavy (non-hydrogen) atoms. The Labute approximate surface area is 123 Å². The Morgan fingerprint density at radius 3 is 3.10 bits per heavy atom. The summed E-state index contributed by atoms with van der Waals surface area (Å²) < 4.78 is 0. The topological polar surface area (TPSA) is 70.2 Å². The number of thioether (sulfide) groups is 1. The minimum absolute atomic E-state index is 0.0508. The van der Waals surface area contributed by atoms with Gasteiger partial charge in [-0.1, -0.05) is 18.7 Å². The molecule has 1 saturated heterocycles. The molecule has 0 bridgehead atoms. The van der Waals surface area contributed by atoms with Crippen molar-refractivity contribution in [3.05, 3.63) is 6.07 Å². The SMILES string of the molecule is CCCNc1cc(N2CCCNC(=O)C2)nc(SC)n1. The van der Waals surface area contributed by atoms with Crippen molar-refractivity contribution in [2.75, 3.05) is 42.7 Å². The van der Waals surface area contributed by atoms with Crippen molar-refractivity contribution in [1.82, 2.24) is 15.3 Å². The molecule has 1 aliphatic rings.